The summed E-state index contributed by atoms with van der Waals surface area (Å²) in [4.78, 5) is 25.6. The predicted molar refractivity (Wildman–Crippen MR) is 107 cm³/mol. The third-order valence-corrected chi connectivity index (χ3v) is 4.98. The van der Waals surface area contributed by atoms with E-state index in [0.717, 1.165) is 11.1 Å². The molecule has 2 aromatic rings. The summed E-state index contributed by atoms with van der Waals surface area (Å²) in [6.45, 7) is 1.86. The molecule has 0 heterocycles. The average Bonchev–Trinajstić information content (AvgIpc) is 2.75. The Hall–Kier alpha value is -3.13. The van der Waals surface area contributed by atoms with Crippen molar-refractivity contribution >= 4 is 11.9 Å². The van der Waals surface area contributed by atoms with E-state index in [-0.39, 0.29) is 5.91 Å². The average molecular weight is 378 g/mol. The molecule has 2 rings (SSSR count). The normalized spacial score (nSPS) is 11.9. The molecule has 0 saturated heterocycles. The Labute approximate surface area is 166 Å². The minimum atomic E-state index is -0.957. The summed E-state index contributed by atoms with van der Waals surface area (Å²) in [5, 5.41) is 11.6. The molecule has 1 N–H and O–H groups in total. The van der Waals surface area contributed by atoms with Gasteiger partial charge in [0.15, 0.2) is 0 Å². The van der Waals surface area contributed by atoms with Gasteiger partial charge in [-0.1, -0.05) is 60.7 Å². The van der Waals surface area contributed by atoms with Gasteiger partial charge in [0.25, 0.3) is 0 Å². The van der Waals surface area contributed by atoms with Gasteiger partial charge in [-0.25, -0.2) is 4.79 Å². The molecule has 28 heavy (non-hydrogen) atoms. The summed E-state index contributed by atoms with van der Waals surface area (Å²) in [7, 11) is 1.31. The van der Waals surface area contributed by atoms with Crippen LogP contribution in [0.5, 0.6) is 0 Å². The molecule has 5 nitrogen and oxygen atoms in total. The van der Waals surface area contributed by atoms with Crippen LogP contribution in [-0.4, -0.2) is 25.0 Å². The maximum Gasteiger partial charge on any atom is 0.328 e. The smallest absolute Gasteiger partial charge is 0.328 e. The highest BCUT2D eigenvalue weighted by atomic mass is 16.5. The van der Waals surface area contributed by atoms with Gasteiger partial charge < -0.3 is 10.1 Å². The molecule has 1 amide bonds. The van der Waals surface area contributed by atoms with E-state index in [1.54, 1.807) is 0 Å². The van der Waals surface area contributed by atoms with Gasteiger partial charge in [-0.15, -0.1) is 0 Å². The number of amides is 1. The summed E-state index contributed by atoms with van der Waals surface area (Å²) >= 11 is 0. The zero-order chi connectivity index (χ0) is 20.4. The van der Waals surface area contributed by atoms with Crippen LogP contribution in [0.15, 0.2) is 60.7 Å². The zero-order valence-electron chi connectivity index (χ0n) is 16.4. The Morgan fingerprint density at radius 3 is 2.04 bits per heavy atom. The highest BCUT2D eigenvalue weighted by Crippen LogP contribution is 2.32. The lowest BCUT2D eigenvalue weighted by Gasteiger charge is -2.31. The van der Waals surface area contributed by atoms with Gasteiger partial charge in [-0.05, 0) is 37.3 Å². The first kappa shape index (κ1) is 21.2. The molecule has 0 bridgehead atoms. The van der Waals surface area contributed by atoms with Crippen molar-refractivity contribution in [3.8, 4) is 6.07 Å². The van der Waals surface area contributed by atoms with E-state index in [1.807, 2.05) is 67.6 Å². The molecule has 0 spiro atoms. The number of carbonyl (C=O) groups excluding carboxylic acids is 2. The number of nitrogens with zero attached hydrogens (tertiary/aromatic N) is 1. The lowest BCUT2D eigenvalue weighted by atomic mass is 9.75. The Morgan fingerprint density at radius 1 is 1.04 bits per heavy atom. The van der Waals surface area contributed by atoms with Crippen molar-refractivity contribution in [3.63, 3.8) is 0 Å². The van der Waals surface area contributed by atoms with Crippen LogP contribution < -0.4 is 5.32 Å². The Balaban J connectivity index is 2.31. The van der Waals surface area contributed by atoms with Crippen LogP contribution >= 0.6 is 0 Å². The topological polar surface area (TPSA) is 79.2 Å². The first-order valence-electron chi connectivity index (χ1n) is 9.40. The van der Waals surface area contributed by atoms with E-state index < -0.39 is 17.4 Å². The van der Waals surface area contributed by atoms with Gasteiger partial charge >= 0.3 is 5.97 Å². The van der Waals surface area contributed by atoms with E-state index in [1.165, 1.54) is 7.11 Å². The molecule has 0 unspecified atom stereocenters. The summed E-state index contributed by atoms with van der Waals surface area (Å²) < 4.78 is 4.88. The second-order valence-electron chi connectivity index (χ2n) is 6.81. The minimum Gasteiger partial charge on any atom is -0.467 e. The number of ether oxygens (including phenoxy) is 1. The number of carbonyl (C=O) groups is 2. The lowest BCUT2D eigenvalue weighted by molar-refractivity contribution is -0.145. The molecule has 0 saturated carbocycles. The van der Waals surface area contributed by atoms with Gasteiger partial charge in [0.05, 0.1) is 18.6 Å². The first-order valence-corrected chi connectivity index (χ1v) is 9.40. The highest BCUT2D eigenvalue weighted by Gasteiger charge is 2.39. The van der Waals surface area contributed by atoms with E-state index in [4.69, 9.17) is 10.00 Å². The van der Waals surface area contributed by atoms with Crippen molar-refractivity contribution < 1.29 is 14.3 Å². The predicted octanol–water partition coefficient (Wildman–Crippen LogP) is 3.73. The Kier molecular flexibility index (Phi) is 7.76. The number of hydrogen-bond acceptors (Lipinski definition) is 4. The quantitative estimate of drug-likeness (QED) is 0.533. The van der Waals surface area contributed by atoms with E-state index in [0.29, 0.717) is 25.7 Å². The number of nitrogens with one attached hydrogen (secondary N) is 1. The fourth-order valence-electron chi connectivity index (χ4n) is 3.22. The van der Waals surface area contributed by atoms with Crippen LogP contribution in [0.2, 0.25) is 0 Å². The van der Waals surface area contributed by atoms with Gasteiger partial charge in [-0.3, -0.25) is 4.79 Å². The molecule has 146 valence electrons. The molecule has 0 aliphatic heterocycles. The molecule has 0 aliphatic rings. The van der Waals surface area contributed by atoms with Crippen molar-refractivity contribution in [1.82, 2.24) is 5.32 Å². The Bertz CT molecular complexity index is 773. The molecule has 0 aromatic heterocycles. The van der Waals surface area contributed by atoms with E-state index >= 15 is 0 Å². The molecule has 1 atom stereocenters. The minimum absolute atomic E-state index is 0.263. The van der Waals surface area contributed by atoms with Gasteiger partial charge in [0.2, 0.25) is 5.91 Å². The zero-order valence-corrected chi connectivity index (χ0v) is 16.4. The number of rotatable bonds is 9. The largest absolute Gasteiger partial charge is 0.467 e. The number of methoxy groups -OCH3 is 1. The van der Waals surface area contributed by atoms with Gasteiger partial charge in [0, 0.05) is 6.42 Å². The molecular formula is C23H26N2O3. The molecule has 0 fully saturated rings. The van der Waals surface area contributed by atoms with Crippen molar-refractivity contribution in [3.05, 3.63) is 71.8 Å². The standard InChI is InChI=1S/C23H26N2O3/c1-23(18-12-6-3-7-13-18,19-14-8-4-9-15-19)22(27)25-20(21(26)28-2)16-10-5-11-17-24/h3-4,6-9,12-15,20H,5,10-11,16H2,1-2H3,(H,25,27)/t20-/m1/s1. The highest BCUT2D eigenvalue weighted by molar-refractivity contribution is 5.94. The lowest BCUT2D eigenvalue weighted by Crippen LogP contribution is -2.50. The van der Waals surface area contributed by atoms with Crippen LogP contribution in [0.1, 0.15) is 43.7 Å². The third-order valence-electron chi connectivity index (χ3n) is 4.98. The number of esters is 1. The fraction of sp³-hybridized carbons (Fsp3) is 0.348. The van der Waals surface area contributed by atoms with Crippen LogP contribution in [0.3, 0.4) is 0 Å². The molecule has 2 aromatic carbocycles. The summed E-state index contributed by atoms with van der Waals surface area (Å²) in [5.74, 6) is -0.741. The molecule has 0 radical (unpaired) electrons. The van der Waals surface area contributed by atoms with Crippen molar-refractivity contribution in [1.29, 1.82) is 5.26 Å². The molecular weight excluding hydrogens is 352 g/mol. The van der Waals surface area contributed by atoms with E-state index in [2.05, 4.69) is 11.4 Å². The maximum atomic E-state index is 13.4. The second kappa shape index (κ2) is 10.3. The molecule has 0 aliphatic carbocycles. The van der Waals surface area contributed by atoms with Crippen LogP contribution in [0.4, 0.5) is 0 Å². The van der Waals surface area contributed by atoms with Crippen LogP contribution in [0, 0.1) is 11.3 Å². The SMILES string of the molecule is COC(=O)[C@@H](CCCCC#N)NC(=O)C(C)(c1ccccc1)c1ccccc1. The second-order valence-corrected chi connectivity index (χ2v) is 6.81. The summed E-state index contributed by atoms with van der Waals surface area (Å²) in [6.07, 6.45) is 2.18. The number of benzene rings is 2. The summed E-state index contributed by atoms with van der Waals surface area (Å²) in [6, 6.07) is 20.4. The number of hydrogen-bond donors (Lipinski definition) is 1. The van der Waals surface area contributed by atoms with E-state index in [9.17, 15) is 9.59 Å². The van der Waals surface area contributed by atoms with Crippen molar-refractivity contribution in [2.24, 2.45) is 0 Å². The van der Waals surface area contributed by atoms with Gasteiger partial charge in [-0.2, -0.15) is 5.26 Å². The fourth-order valence-corrected chi connectivity index (χ4v) is 3.22. The monoisotopic (exact) mass is 378 g/mol. The number of unbranched alkanes of at least 4 members (excludes halogenated alkanes) is 2. The summed E-state index contributed by atoms with van der Waals surface area (Å²) in [5.41, 5.74) is 0.722. The van der Waals surface area contributed by atoms with Crippen LogP contribution in [-0.2, 0) is 19.7 Å². The van der Waals surface area contributed by atoms with Crippen molar-refractivity contribution in [2.75, 3.05) is 7.11 Å². The number of nitriles is 1. The van der Waals surface area contributed by atoms with Gasteiger partial charge in [0.1, 0.15) is 6.04 Å². The maximum absolute atomic E-state index is 13.4. The first-order chi connectivity index (χ1) is 13.5. The Morgan fingerprint density at radius 2 is 1.57 bits per heavy atom. The third kappa shape index (κ3) is 4.98. The van der Waals surface area contributed by atoms with Crippen molar-refractivity contribution in [2.45, 2.75) is 44.1 Å². The van der Waals surface area contributed by atoms with Crippen LogP contribution in [0.25, 0.3) is 0 Å². The molecule has 5 heteroatoms.